The molecule has 37 heavy (non-hydrogen) atoms. The number of hydrazine groups is 1. The summed E-state index contributed by atoms with van der Waals surface area (Å²) in [5.74, 6) is -4.33. The first kappa shape index (κ1) is 26.5. The number of non-ortho nitro benzene ring substituents is 2. The molecule has 4 atom stereocenters. The largest absolute Gasteiger partial charge is 0.292 e. The van der Waals surface area contributed by atoms with Gasteiger partial charge in [-0.15, -0.1) is 0 Å². The van der Waals surface area contributed by atoms with Gasteiger partial charge in [0.2, 0.25) is 0 Å². The molecule has 0 aromatic heterocycles. The van der Waals surface area contributed by atoms with Gasteiger partial charge in [-0.1, -0.05) is 44.0 Å². The molecule has 1 aliphatic carbocycles. The van der Waals surface area contributed by atoms with Gasteiger partial charge >= 0.3 is 0 Å². The molecule has 0 unspecified atom stereocenters. The van der Waals surface area contributed by atoms with E-state index in [-0.39, 0.29) is 32.2 Å². The van der Waals surface area contributed by atoms with Crippen molar-refractivity contribution >= 4 is 66.7 Å². The molecule has 0 bridgehead atoms. The quantitative estimate of drug-likeness (QED) is 0.146. The Hall–Kier alpha value is -3.52. The molecule has 1 aliphatic heterocycles. The number of carbonyl (C=O) groups is 4. The lowest BCUT2D eigenvalue weighted by Crippen LogP contribution is -2.52. The van der Waals surface area contributed by atoms with E-state index < -0.39 is 51.7 Å². The number of carbonyl (C=O) groups excluding carboxylic acids is 4. The molecule has 0 spiro atoms. The van der Waals surface area contributed by atoms with Gasteiger partial charge in [0.15, 0.2) is 5.78 Å². The molecule has 2 aromatic carbocycles. The number of benzene rings is 2. The van der Waals surface area contributed by atoms with E-state index in [9.17, 15) is 39.4 Å². The summed E-state index contributed by atoms with van der Waals surface area (Å²) in [4.78, 5) is 74.0. The third kappa shape index (κ3) is 5.16. The topological polar surface area (TPSA) is 161 Å². The Morgan fingerprint density at radius 2 is 1.41 bits per heavy atom. The lowest BCUT2D eigenvalue weighted by Gasteiger charge is -2.30. The van der Waals surface area contributed by atoms with Gasteiger partial charge in [-0.2, -0.15) is 5.01 Å². The minimum atomic E-state index is -0.903. The normalized spacial score (nSPS) is 22.9. The average molecular weight is 638 g/mol. The zero-order valence-corrected chi connectivity index (χ0v) is 22.0. The van der Waals surface area contributed by atoms with Crippen LogP contribution in [-0.4, -0.2) is 59.6 Å². The highest BCUT2D eigenvalue weighted by Gasteiger charge is 2.54. The van der Waals surface area contributed by atoms with Crippen molar-refractivity contribution < 1.29 is 29.0 Å². The molecule has 192 valence electrons. The van der Waals surface area contributed by atoms with Crippen LogP contribution in [0.1, 0.15) is 33.6 Å². The maximum atomic E-state index is 13.5. The third-order valence-electron chi connectivity index (χ3n) is 6.36. The van der Waals surface area contributed by atoms with E-state index in [0.29, 0.717) is 17.9 Å². The van der Waals surface area contributed by atoms with E-state index in [0.717, 1.165) is 35.3 Å². The lowest BCUT2D eigenvalue weighted by molar-refractivity contribution is -0.385. The van der Waals surface area contributed by atoms with Crippen molar-refractivity contribution in [2.75, 3.05) is 6.54 Å². The Bertz CT molecular complexity index is 1290. The number of imide groups is 1. The van der Waals surface area contributed by atoms with E-state index >= 15 is 0 Å². The van der Waals surface area contributed by atoms with Crippen LogP contribution >= 0.6 is 31.9 Å². The van der Waals surface area contributed by atoms with Gasteiger partial charge in [-0.3, -0.25) is 39.4 Å². The number of halogens is 2. The fourth-order valence-corrected chi connectivity index (χ4v) is 5.68. The first-order valence-corrected chi connectivity index (χ1v) is 12.8. The van der Waals surface area contributed by atoms with Crippen LogP contribution in [0.2, 0.25) is 0 Å². The first-order chi connectivity index (χ1) is 17.5. The maximum absolute atomic E-state index is 13.5. The SMILES string of the molecule is O=C(CN(C(=O)c1ccc([N+](=O)[O-])cc1)N1C(=O)[C@@H]2C[C@H](Br)[C@@H](Br)C[C@H]2C1=O)c1cccc([N+](=O)[O-])c1. The number of nitrogens with zero attached hydrogens (tertiary/aromatic N) is 4. The summed E-state index contributed by atoms with van der Waals surface area (Å²) in [5.41, 5.74) is -0.801. The maximum Gasteiger partial charge on any atom is 0.273 e. The van der Waals surface area contributed by atoms with E-state index in [1.165, 1.54) is 18.2 Å². The monoisotopic (exact) mass is 636 g/mol. The molecule has 12 nitrogen and oxygen atoms in total. The van der Waals surface area contributed by atoms with Crippen LogP contribution in [-0.2, 0) is 9.59 Å². The minimum Gasteiger partial charge on any atom is -0.292 e. The predicted molar refractivity (Wildman–Crippen MR) is 135 cm³/mol. The molecule has 0 N–H and O–H groups in total. The molecule has 2 fully saturated rings. The van der Waals surface area contributed by atoms with E-state index in [4.69, 9.17) is 0 Å². The molecule has 3 amide bonds. The molecular weight excluding hydrogens is 620 g/mol. The molecule has 1 saturated heterocycles. The number of ketones is 1. The number of nitro benzene ring substituents is 2. The van der Waals surface area contributed by atoms with Crippen LogP contribution in [0.15, 0.2) is 48.5 Å². The van der Waals surface area contributed by atoms with Crippen molar-refractivity contribution in [1.29, 1.82) is 0 Å². The van der Waals surface area contributed by atoms with Gasteiger partial charge in [-0.05, 0) is 25.0 Å². The number of fused-ring (bicyclic) bond motifs is 1. The van der Waals surface area contributed by atoms with Crippen molar-refractivity contribution in [3.63, 3.8) is 0 Å². The highest BCUT2D eigenvalue weighted by atomic mass is 79.9. The van der Waals surface area contributed by atoms with Crippen molar-refractivity contribution in [1.82, 2.24) is 10.0 Å². The minimum absolute atomic E-state index is 0.0872. The number of rotatable bonds is 7. The predicted octanol–water partition coefficient (Wildman–Crippen LogP) is 3.67. The summed E-state index contributed by atoms with van der Waals surface area (Å²) in [6.45, 7) is -0.761. The van der Waals surface area contributed by atoms with Crippen LogP contribution in [0.3, 0.4) is 0 Å². The highest BCUT2D eigenvalue weighted by Crippen LogP contribution is 2.43. The van der Waals surface area contributed by atoms with Gasteiger partial charge in [0.25, 0.3) is 29.1 Å². The zero-order chi connectivity index (χ0) is 27.0. The molecule has 4 rings (SSSR count). The first-order valence-electron chi connectivity index (χ1n) is 11.0. The van der Waals surface area contributed by atoms with Crippen molar-refractivity contribution in [2.45, 2.75) is 22.5 Å². The zero-order valence-electron chi connectivity index (χ0n) is 18.9. The fourth-order valence-electron chi connectivity index (χ4n) is 4.44. The van der Waals surface area contributed by atoms with Crippen LogP contribution in [0.5, 0.6) is 0 Å². The average Bonchev–Trinajstić information content (AvgIpc) is 3.11. The Labute approximate surface area is 226 Å². The van der Waals surface area contributed by atoms with Gasteiger partial charge in [0, 0.05) is 45.0 Å². The second-order valence-electron chi connectivity index (χ2n) is 8.60. The summed E-state index contributed by atoms with van der Waals surface area (Å²) < 4.78 is 0. The summed E-state index contributed by atoms with van der Waals surface area (Å²) in [6, 6.07) is 9.36. The second kappa shape index (κ2) is 10.5. The van der Waals surface area contributed by atoms with Crippen molar-refractivity contribution in [2.24, 2.45) is 11.8 Å². The van der Waals surface area contributed by atoms with Gasteiger partial charge < -0.3 is 0 Å². The standard InChI is InChI=1S/C23H18Br2N4O8/c24-18-9-16-17(10-19(18)25)23(33)27(22(16)32)26(21(31)12-4-6-14(7-5-12)28(34)35)11-20(30)13-2-1-3-15(8-13)29(36)37/h1-8,16-19H,9-11H2/t16-,17-,18+,19+/m1/s1. The summed E-state index contributed by atoms with van der Waals surface area (Å²) in [7, 11) is 0. The van der Waals surface area contributed by atoms with Crippen LogP contribution in [0.4, 0.5) is 11.4 Å². The van der Waals surface area contributed by atoms with Gasteiger partial charge in [0.1, 0.15) is 6.54 Å². The molecule has 2 aliphatic rings. The van der Waals surface area contributed by atoms with Crippen LogP contribution in [0.25, 0.3) is 0 Å². The molecule has 2 aromatic rings. The Morgan fingerprint density at radius 3 is 1.92 bits per heavy atom. The molecule has 14 heteroatoms. The number of alkyl halides is 2. The smallest absolute Gasteiger partial charge is 0.273 e. The van der Waals surface area contributed by atoms with Crippen molar-refractivity contribution in [3.05, 3.63) is 79.9 Å². The van der Waals surface area contributed by atoms with E-state index in [1.807, 2.05) is 0 Å². The van der Waals surface area contributed by atoms with E-state index in [1.54, 1.807) is 0 Å². The number of amides is 3. The van der Waals surface area contributed by atoms with Crippen LogP contribution in [0, 0.1) is 32.1 Å². The number of Topliss-reactive ketones (excluding diaryl/α,β-unsaturated/α-hetero) is 1. The summed E-state index contributed by atoms with van der Waals surface area (Å²) in [5, 5.41) is 23.5. The lowest BCUT2D eigenvalue weighted by atomic mass is 9.81. The summed E-state index contributed by atoms with van der Waals surface area (Å²) >= 11 is 6.99. The highest BCUT2D eigenvalue weighted by molar-refractivity contribution is 9.12. The number of hydrogen-bond donors (Lipinski definition) is 0. The van der Waals surface area contributed by atoms with Gasteiger partial charge in [0.05, 0.1) is 21.7 Å². The molecule has 0 radical (unpaired) electrons. The molecule has 1 heterocycles. The Morgan fingerprint density at radius 1 is 0.865 bits per heavy atom. The number of nitro groups is 2. The van der Waals surface area contributed by atoms with Crippen molar-refractivity contribution in [3.8, 4) is 0 Å². The van der Waals surface area contributed by atoms with Crippen LogP contribution < -0.4 is 0 Å². The number of hydrogen-bond acceptors (Lipinski definition) is 8. The Balaban J connectivity index is 1.71. The molecular formula is C23H18Br2N4O8. The third-order valence-corrected chi connectivity index (χ3v) is 9.09. The van der Waals surface area contributed by atoms with Gasteiger partial charge in [-0.25, -0.2) is 5.01 Å². The fraction of sp³-hybridized carbons (Fsp3) is 0.304. The molecule has 1 saturated carbocycles. The Kier molecular flexibility index (Phi) is 7.50. The second-order valence-corrected chi connectivity index (χ2v) is 11.0. The summed E-state index contributed by atoms with van der Waals surface area (Å²) in [6.07, 6.45) is 0.667. The van der Waals surface area contributed by atoms with E-state index in [2.05, 4.69) is 31.9 Å².